The summed E-state index contributed by atoms with van der Waals surface area (Å²) in [6, 6.07) is 3.94. The number of nitrogens with zero attached hydrogens (tertiary/aromatic N) is 1. The Morgan fingerprint density at radius 3 is 2.67 bits per heavy atom. The second-order valence-corrected chi connectivity index (χ2v) is 6.57. The summed E-state index contributed by atoms with van der Waals surface area (Å²) >= 11 is 2.66. The summed E-state index contributed by atoms with van der Waals surface area (Å²) in [7, 11) is 0. The van der Waals surface area contributed by atoms with Crippen LogP contribution in [0.1, 0.15) is 30.0 Å². The van der Waals surface area contributed by atoms with Gasteiger partial charge in [-0.05, 0) is 50.2 Å². The maximum atomic E-state index is 12.1. The molecule has 0 N–H and O–H groups in total. The Labute approximate surface area is 115 Å². The van der Waals surface area contributed by atoms with Crippen molar-refractivity contribution in [2.24, 2.45) is 0 Å². The van der Waals surface area contributed by atoms with Crippen molar-refractivity contribution in [2.45, 2.75) is 33.2 Å². The Hall–Kier alpha value is -1.07. The van der Waals surface area contributed by atoms with Crippen molar-refractivity contribution in [1.29, 1.82) is 0 Å². The van der Waals surface area contributed by atoms with Crippen LogP contribution in [0.25, 0.3) is 6.08 Å². The second-order valence-electron chi connectivity index (χ2n) is 4.26. The van der Waals surface area contributed by atoms with Gasteiger partial charge in [0.25, 0.3) is 11.1 Å². The fourth-order valence-electron chi connectivity index (χ4n) is 1.70. The van der Waals surface area contributed by atoms with E-state index in [2.05, 4.69) is 0 Å². The van der Waals surface area contributed by atoms with Crippen LogP contribution in [0, 0.1) is 6.92 Å². The van der Waals surface area contributed by atoms with Crippen molar-refractivity contribution in [3.8, 4) is 0 Å². The van der Waals surface area contributed by atoms with Gasteiger partial charge in [-0.3, -0.25) is 14.5 Å². The summed E-state index contributed by atoms with van der Waals surface area (Å²) in [5.74, 6) is -0.162. The average molecular weight is 281 g/mol. The van der Waals surface area contributed by atoms with Crippen LogP contribution in [0.4, 0.5) is 4.79 Å². The van der Waals surface area contributed by atoms with Gasteiger partial charge in [-0.25, -0.2) is 0 Å². The number of rotatable bonds is 3. The van der Waals surface area contributed by atoms with Crippen molar-refractivity contribution in [3.05, 3.63) is 26.8 Å². The standard InChI is InChI=1S/C13H15NO2S2/c1-4-8(2)14-12(15)11(18-13(14)16)7-10-6-5-9(3)17-10/h5-8H,4H2,1-3H3/b11-7-/t8-/m0/s1. The molecular formula is C13H15NO2S2. The van der Waals surface area contributed by atoms with Crippen molar-refractivity contribution in [3.63, 3.8) is 0 Å². The fraction of sp³-hybridized carbons (Fsp3) is 0.385. The molecule has 5 heteroatoms. The van der Waals surface area contributed by atoms with Gasteiger partial charge in [-0.1, -0.05) is 6.92 Å². The average Bonchev–Trinajstić information content (AvgIpc) is 2.84. The zero-order chi connectivity index (χ0) is 13.3. The lowest BCUT2D eigenvalue weighted by Gasteiger charge is -2.19. The number of aryl methyl sites for hydroxylation is 1. The first-order valence-electron chi connectivity index (χ1n) is 5.86. The topological polar surface area (TPSA) is 37.4 Å². The van der Waals surface area contributed by atoms with Gasteiger partial charge in [0.1, 0.15) is 0 Å². The highest BCUT2D eigenvalue weighted by atomic mass is 32.2. The number of amides is 2. The molecule has 1 fully saturated rings. The summed E-state index contributed by atoms with van der Waals surface area (Å²) < 4.78 is 0. The fourth-order valence-corrected chi connectivity index (χ4v) is 3.52. The number of thiophene rings is 1. The van der Waals surface area contributed by atoms with E-state index >= 15 is 0 Å². The molecule has 0 radical (unpaired) electrons. The van der Waals surface area contributed by atoms with E-state index in [-0.39, 0.29) is 17.2 Å². The molecule has 3 nitrogen and oxygen atoms in total. The van der Waals surface area contributed by atoms with E-state index in [0.717, 1.165) is 23.1 Å². The van der Waals surface area contributed by atoms with Crippen LogP contribution in [-0.2, 0) is 4.79 Å². The van der Waals surface area contributed by atoms with E-state index in [1.54, 1.807) is 11.3 Å². The molecule has 0 saturated carbocycles. The minimum atomic E-state index is -0.162. The predicted octanol–water partition coefficient (Wildman–Crippen LogP) is 3.89. The molecule has 1 aliphatic rings. The summed E-state index contributed by atoms with van der Waals surface area (Å²) in [5.41, 5.74) is 0. The van der Waals surface area contributed by atoms with Gasteiger partial charge in [0, 0.05) is 15.8 Å². The van der Waals surface area contributed by atoms with Crippen LogP contribution in [0.2, 0.25) is 0 Å². The minimum Gasteiger partial charge on any atom is -0.268 e. The zero-order valence-corrected chi connectivity index (χ0v) is 12.2. The maximum absolute atomic E-state index is 12.1. The Morgan fingerprint density at radius 2 is 2.11 bits per heavy atom. The van der Waals surface area contributed by atoms with Crippen molar-refractivity contribution in [2.75, 3.05) is 0 Å². The largest absolute Gasteiger partial charge is 0.293 e. The van der Waals surface area contributed by atoms with Gasteiger partial charge < -0.3 is 0 Å². The summed E-state index contributed by atoms with van der Waals surface area (Å²) in [5, 5.41) is -0.158. The third kappa shape index (κ3) is 2.52. The van der Waals surface area contributed by atoms with Gasteiger partial charge in [0.05, 0.1) is 4.91 Å². The van der Waals surface area contributed by atoms with Gasteiger partial charge in [-0.2, -0.15) is 0 Å². The van der Waals surface area contributed by atoms with Gasteiger partial charge in [-0.15, -0.1) is 11.3 Å². The number of carbonyl (C=O) groups excluding carboxylic acids is 2. The van der Waals surface area contributed by atoms with E-state index in [9.17, 15) is 9.59 Å². The summed E-state index contributed by atoms with van der Waals surface area (Å²) in [4.78, 5) is 28.1. The van der Waals surface area contributed by atoms with E-state index in [0.29, 0.717) is 4.91 Å². The van der Waals surface area contributed by atoms with E-state index in [4.69, 9.17) is 0 Å². The Balaban J connectivity index is 2.25. The van der Waals surface area contributed by atoms with Crippen molar-refractivity contribution in [1.82, 2.24) is 4.90 Å². The molecule has 0 unspecified atom stereocenters. The molecule has 96 valence electrons. The Kier molecular flexibility index (Phi) is 3.92. The maximum Gasteiger partial charge on any atom is 0.293 e. The van der Waals surface area contributed by atoms with Crippen LogP contribution in [-0.4, -0.2) is 22.1 Å². The number of thioether (sulfide) groups is 1. The highest BCUT2D eigenvalue weighted by molar-refractivity contribution is 8.18. The molecule has 0 aromatic carbocycles. The quantitative estimate of drug-likeness (QED) is 0.789. The monoisotopic (exact) mass is 281 g/mol. The van der Waals surface area contributed by atoms with Gasteiger partial charge in [0.2, 0.25) is 0 Å². The number of carbonyl (C=O) groups is 2. The highest BCUT2D eigenvalue weighted by Crippen LogP contribution is 2.34. The first-order valence-corrected chi connectivity index (χ1v) is 7.49. The van der Waals surface area contributed by atoms with Gasteiger partial charge in [0.15, 0.2) is 0 Å². The van der Waals surface area contributed by atoms with Crippen LogP contribution >= 0.6 is 23.1 Å². The lowest BCUT2D eigenvalue weighted by Crippen LogP contribution is -2.36. The molecule has 2 amide bonds. The highest BCUT2D eigenvalue weighted by Gasteiger charge is 2.37. The molecule has 1 aliphatic heterocycles. The van der Waals surface area contributed by atoms with E-state index in [1.165, 1.54) is 9.78 Å². The molecule has 0 aliphatic carbocycles. The molecular weight excluding hydrogens is 266 g/mol. The minimum absolute atomic E-state index is 0.0338. The van der Waals surface area contributed by atoms with E-state index < -0.39 is 0 Å². The summed E-state index contributed by atoms with van der Waals surface area (Å²) in [6.45, 7) is 5.89. The molecule has 1 atom stereocenters. The molecule has 1 aromatic rings. The first-order chi connectivity index (χ1) is 8.52. The lowest BCUT2D eigenvalue weighted by molar-refractivity contribution is -0.124. The third-order valence-electron chi connectivity index (χ3n) is 2.89. The molecule has 2 heterocycles. The van der Waals surface area contributed by atoms with Gasteiger partial charge >= 0.3 is 0 Å². The molecule has 1 saturated heterocycles. The number of imide groups is 1. The van der Waals surface area contributed by atoms with Crippen LogP contribution in [0.15, 0.2) is 17.0 Å². The molecule has 2 rings (SSSR count). The second kappa shape index (κ2) is 5.28. The molecule has 0 bridgehead atoms. The smallest absolute Gasteiger partial charge is 0.268 e. The Bertz CT molecular complexity index is 519. The first kappa shape index (κ1) is 13.4. The normalized spacial score (nSPS) is 19.9. The number of hydrogen-bond donors (Lipinski definition) is 0. The Morgan fingerprint density at radius 1 is 1.39 bits per heavy atom. The summed E-state index contributed by atoms with van der Waals surface area (Å²) in [6.07, 6.45) is 2.59. The SMILES string of the molecule is CC[C@H](C)N1C(=O)S/C(=C\c2ccc(C)s2)C1=O. The van der Waals surface area contributed by atoms with Crippen LogP contribution in [0.3, 0.4) is 0 Å². The molecule has 1 aromatic heterocycles. The molecule has 0 spiro atoms. The van der Waals surface area contributed by atoms with Crippen LogP contribution < -0.4 is 0 Å². The van der Waals surface area contributed by atoms with Crippen molar-refractivity contribution >= 4 is 40.3 Å². The van der Waals surface area contributed by atoms with Crippen molar-refractivity contribution < 1.29 is 9.59 Å². The van der Waals surface area contributed by atoms with Crippen LogP contribution in [0.5, 0.6) is 0 Å². The third-order valence-corrected chi connectivity index (χ3v) is 4.72. The zero-order valence-electron chi connectivity index (χ0n) is 10.6. The lowest BCUT2D eigenvalue weighted by atomic mass is 10.2. The predicted molar refractivity (Wildman–Crippen MR) is 76.6 cm³/mol. The molecule has 18 heavy (non-hydrogen) atoms. The van der Waals surface area contributed by atoms with E-state index in [1.807, 2.05) is 39.0 Å². The number of hydrogen-bond acceptors (Lipinski definition) is 4.